The predicted molar refractivity (Wildman–Crippen MR) is 115 cm³/mol. The number of H-pyrrole nitrogens is 1. The topological polar surface area (TPSA) is 115 Å². The van der Waals surface area contributed by atoms with E-state index in [0.717, 1.165) is 16.4 Å². The van der Waals surface area contributed by atoms with Crippen molar-refractivity contribution in [1.29, 1.82) is 0 Å². The van der Waals surface area contributed by atoms with Crippen LogP contribution in [0.4, 0.5) is 14.5 Å². The monoisotopic (exact) mass is 484 g/mol. The summed E-state index contributed by atoms with van der Waals surface area (Å²) >= 11 is 5.92. The number of nitrogens with one attached hydrogen (secondary N) is 2. The van der Waals surface area contributed by atoms with Crippen molar-refractivity contribution in [3.05, 3.63) is 58.4 Å². The van der Waals surface area contributed by atoms with E-state index in [9.17, 15) is 22.7 Å². The van der Waals surface area contributed by atoms with Crippen molar-refractivity contribution in [2.24, 2.45) is 5.41 Å². The summed E-state index contributed by atoms with van der Waals surface area (Å²) in [5.41, 5.74) is -1.76. The lowest BCUT2D eigenvalue weighted by atomic mass is 10.0. The minimum absolute atomic E-state index is 0.0382. The third-order valence-electron chi connectivity index (χ3n) is 5.56. The fraction of sp³-hybridized carbons (Fsp3) is 0.300. The summed E-state index contributed by atoms with van der Waals surface area (Å²) in [5.74, 6) is -3.49. The number of carbonyl (C=O) groups is 1. The number of fused-ring (bicyclic) bond motifs is 1. The molecule has 170 valence electrons. The van der Waals surface area contributed by atoms with Crippen LogP contribution in [0.15, 0.2) is 30.6 Å². The molecule has 8 nitrogen and oxygen atoms in total. The number of carbonyl (C=O) groups excluding carboxylic acids is 1. The molecular formula is C20H19ClF2N4O4S. The van der Waals surface area contributed by atoms with E-state index in [4.69, 9.17) is 11.6 Å². The highest BCUT2D eigenvalue weighted by Crippen LogP contribution is 2.45. The number of halogens is 3. The molecule has 1 fully saturated rings. The normalized spacial score (nSPS) is 15.3. The molecule has 1 aliphatic rings. The quantitative estimate of drug-likeness (QED) is 0.425. The molecule has 0 atom stereocenters. The summed E-state index contributed by atoms with van der Waals surface area (Å²) in [4.78, 5) is 19.7. The van der Waals surface area contributed by atoms with Crippen molar-refractivity contribution in [2.45, 2.75) is 12.8 Å². The van der Waals surface area contributed by atoms with Crippen molar-refractivity contribution in [3.8, 4) is 0 Å². The Bertz CT molecular complexity index is 1320. The van der Waals surface area contributed by atoms with Gasteiger partial charge in [-0.3, -0.25) is 9.52 Å². The van der Waals surface area contributed by atoms with Gasteiger partial charge in [-0.05, 0) is 31.0 Å². The van der Waals surface area contributed by atoms with Crippen LogP contribution in [0.2, 0.25) is 5.02 Å². The molecule has 1 aromatic carbocycles. The molecule has 32 heavy (non-hydrogen) atoms. The second-order valence-electron chi connectivity index (χ2n) is 7.89. The first kappa shape index (κ1) is 22.6. The van der Waals surface area contributed by atoms with Gasteiger partial charge in [0.2, 0.25) is 5.78 Å². The van der Waals surface area contributed by atoms with E-state index in [0.29, 0.717) is 18.5 Å². The first-order valence-electron chi connectivity index (χ1n) is 9.57. The van der Waals surface area contributed by atoms with Crippen LogP contribution in [0.1, 0.15) is 28.8 Å². The van der Waals surface area contributed by atoms with E-state index in [1.54, 1.807) is 0 Å². The third kappa shape index (κ3) is 4.08. The van der Waals surface area contributed by atoms with Gasteiger partial charge in [-0.15, -0.1) is 0 Å². The van der Waals surface area contributed by atoms with E-state index in [-0.39, 0.29) is 29.1 Å². The molecule has 4 rings (SSSR count). The predicted octanol–water partition coefficient (Wildman–Crippen LogP) is 3.09. The van der Waals surface area contributed by atoms with E-state index in [2.05, 4.69) is 14.7 Å². The van der Waals surface area contributed by atoms with Crippen LogP contribution in [-0.4, -0.2) is 53.8 Å². The lowest BCUT2D eigenvalue weighted by Gasteiger charge is -2.23. The summed E-state index contributed by atoms with van der Waals surface area (Å²) in [7, 11) is -2.94. The fourth-order valence-electron chi connectivity index (χ4n) is 3.46. The number of hydrogen-bond acceptors (Lipinski definition) is 5. The zero-order chi connectivity index (χ0) is 23.3. The van der Waals surface area contributed by atoms with Gasteiger partial charge in [0.25, 0.3) is 0 Å². The molecule has 3 N–H and O–H groups in total. The van der Waals surface area contributed by atoms with E-state index in [1.165, 1.54) is 25.5 Å². The van der Waals surface area contributed by atoms with Gasteiger partial charge in [-0.1, -0.05) is 11.6 Å². The number of rotatable bonds is 8. The Kier molecular flexibility index (Phi) is 5.70. The van der Waals surface area contributed by atoms with Crippen molar-refractivity contribution in [1.82, 2.24) is 14.3 Å². The molecule has 0 radical (unpaired) electrons. The third-order valence-corrected chi connectivity index (χ3v) is 7.19. The SMILES string of the molecule is CN(CC1(CO)CC1)S(=O)(=O)Nc1ccc(F)c(C(=O)c2c[nH]c3ncc(Cl)cc23)c1F. The average molecular weight is 485 g/mol. The van der Waals surface area contributed by atoms with Crippen LogP contribution in [0.3, 0.4) is 0 Å². The summed E-state index contributed by atoms with van der Waals surface area (Å²) in [6.07, 6.45) is 3.96. The molecule has 1 aliphatic carbocycles. The first-order valence-corrected chi connectivity index (χ1v) is 11.4. The van der Waals surface area contributed by atoms with Gasteiger partial charge in [0.05, 0.1) is 16.3 Å². The van der Waals surface area contributed by atoms with Gasteiger partial charge >= 0.3 is 10.2 Å². The average Bonchev–Trinajstić information content (AvgIpc) is 3.39. The zero-order valence-corrected chi connectivity index (χ0v) is 18.4. The van der Waals surface area contributed by atoms with Gasteiger partial charge in [0.15, 0.2) is 5.82 Å². The molecule has 0 amide bonds. The van der Waals surface area contributed by atoms with Crippen molar-refractivity contribution < 1.29 is 27.1 Å². The molecule has 0 unspecified atom stereocenters. The summed E-state index contributed by atoms with van der Waals surface area (Å²) < 4.78 is 57.9. The standard InChI is InChI=1S/C20H19ClF2N4O4S/c1-27(9-20(10-28)4-5-20)32(30,31)26-15-3-2-14(22)16(17(15)23)18(29)13-8-25-19-12(13)6-11(21)7-24-19/h2-3,6-8,26,28H,4-5,9-10H2,1H3,(H,24,25). The molecule has 0 aliphatic heterocycles. The summed E-state index contributed by atoms with van der Waals surface area (Å²) in [6, 6.07) is 3.14. The fourth-order valence-corrected chi connectivity index (χ4v) is 4.65. The van der Waals surface area contributed by atoms with E-state index >= 15 is 4.39 Å². The molecule has 12 heteroatoms. The maximum absolute atomic E-state index is 15.2. The number of pyridine rings is 1. The maximum Gasteiger partial charge on any atom is 0.301 e. The molecule has 0 bridgehead atoms. The molecule has 0 spiro atoms. The van der Waals surface area contributed by atoms with Crippen LogP contribution < -0.4 is 4.72 Å². The van der Waals surface area contributed by atoms with Crippen molar-refractivity contribution in [2.75, 3.05) is 24.9 Å². The highest BCUT2D eigenvalue weighted by atomic mass is 35.5. The van der Waals surface area contributed by atoms with Crippen LogP contribution in [0, 0.1) is 17.0 Å². The number of benzene rings is 1. The van der Waals surface area contributed by atoms with Crippen LogP contribution in [0.25, 0.3) is 11.0 Å². The largest absolute Gasteiger partial charge is 0.396 e. The minimum Gasteiger partial charge on any atom is -0.396 e. The van der Waals surface area contributed by atoms with E-state index in [1.807, 2.05) is 0 Å². The number of ketones is 1. The van der Waals surface area contributed by atoms with Gasteiger partial charge < -0.3 is 10.1 Å². The van der Waals surface area contributed by atoms with Gasteiger partial charge in [0.1, 0.15) is 11.5 Å². The van der Waals surface area contributed by atoms with Crippen LogP contribution >= 0.6 is 11.6 Å². The Morgan fingerprint density at radius 2 is 2.09 bits per heavy atom. The Balaban J connectivity index is 1.67. The Hall–Kier alpha value is -2.60. The van der Waals surface area contributed by atoms with Gasteiger partial charge in [-0.25, -0.2) is 13.8 Å². The molecule has 0 saturated heterocycles. The number of aromatic amines is 1. The minimum atomic E-state index is -4.22. The highest BCUT2D eigenvalue weighted by Gasteiger charge is 2.44. The summed E-state index contributed by atoms with van der Waals surface area (Å²) in [5, 5.41) is 9.92. The molecule has 2 aromatic heterocycles. The van der Waals surface area contributed by atoms with Gasteiger partial charge in [0, 0.05) is 49.0 Å². The second kappa shape index (κ2) is 8.07. The molecular weight excluding hydrogens is 466 g/mol. The van der Waals surface area contributed by atoms with Crippen molar-refractivity contribution in [3.63, 3.8) is 0 Å². The number of hydrogen-bond donors (Lipinski definition) is 3. The summed E-state index contributed by atoms with van der Waals surface area (Å²) in [6.45, 7) is -0.129. The van der Waals surface area contributed by atoms with E-state index < -0.39 is 44.3 Å². The van der Waals surface area contributed by atoms with Gasteiger partial charge in [-0.2, -0.15) is 12.7 Å². The smallest absolute Gasteiger partial charge is 0.301 e. The second-order valence-corrected chi connectivity index (χ2v) is 10.1. The lowest BCUT2D eigenvalue weighted by Crippen LogP contribution is -2.38. The number of nitrogens with zero attached hydrogens (tertiary/aromatic N) is 2. The number of aromatic nitrogens is 2. The first-order chi connectivity index (χ1) is 15.1. The number of aliphatic hydroxyl groups excluding tert-OH is 1. The molecule has 1 saturated carbocycles. The molecule has 2 heterocycles. The highest BCUT2D eigenvalue weighted by molar-refractivity contribution is 7.90. The Morgan fingerprint density at radius 3 is 2.75 bits per heavy atom. The van der Waals surface area contributed by atoms with Crippen molar-refractivity contribution >= 4 is 44.3 Å². The number of anilines is 1. The van der Waals surface area contributed by atoms with Crippen LogP contribution in [0.5, 0.6) is 0 Å². The maximum atomic E-state index is 15.2. The number of aliphatic hydroxyl groups is 1. The molecule has 3 aromatic rings. The zero-order valence-electron chi connectivity index (χ0n) is 16.8. The Labute approximate surface area is 187 Å². The lowest BCUT2D eigenvalue weighted by molar-refractivity contribution is 0.103. The van der Waals surface area contributed by atoms with Crippen LogP contribution in [-0.2, 0) is 10.2 Å². The Morgan fingerprint density at radius 1 is 1.38 bits per heavy atom.